The predicted octanol–water partition coefficient (Wildman–Crippen LogP) is 29.2. The minimum Gasteiger partial charge on any atom is -0.379 e. The molecule has 2 rings (SSSR count). The summed E-state index contributed by atoms with van der Waals surface area (Å²) in [6, 6.07) is 21.0. The zero-order valence-corrected chi connectivity index (χ0v) is 74.4. The van der Waals surface area contributed by atoms with Crippen LogP contribution in [0.15, 0.2) is 60.7 Å². The molecule has 0 spiro atoms. The van der Waals surface area contributed by atoms with Gasteiger partial charge in [0.25, 0.3) is 0 Å². The van der Waals surface area contributed by atoms with Crippen molar-refractivity contribution in [1.82, 2.24) is 0 Å². The first-order chi connectivity index (χ1) is 52.1. The van der Waals surface area contributed by atoms with Crippen LogP contribution in [0.2, 0.25) is 0 Å². The minimum absolute atomic E-state index is 0.0376. The SMILES string of the molecule is C[C@H](CCC[C@H](C)CCC[C@H](C)CC[C@@H](C)CCC[C@@H](C)CCC[C@@H](C)CCC[C@@H](C)CCO[C@@H](COCC[C@H](C)CCC[C@H](C)CCC[C@H](C)CCC[C@H](C)C=O)COCc1ccccc1)CCC[C@@H](C)CCOC[C@@H](COCc1ccccc1)OCC[C@H](C)CCC[C@H](C)CCC[C@H](C)CCC[C@H](C)C=O. The molecule has 0 aromatic heterocycles. The van der Waals surface area contributed by atoms with E-state index in [9.17, 15) is 9.59 Å². The monoisotopic (exact) mass is 1510 g/mol. The summed E-state index contributed by atoms with van der Waals surface area (Å²) in [7, 11) is 0. The molecule has 0 aliphatic rings. The molecule has 0 saturated carbocycles. The van der Waals surface area contributed by atoms with Crippen molar-refractivity contribution in [3.63, 3.8) is 0 Å². The number of hydrogen-bond acceptors (Lipinski definition) is 8. The van der Waals surface area contributed by atoms with Crippen LogP contribution in [-0.4, -0.2) is 77.6 Å². The van der Waals surface area contributed by atoms with Gasteiger partial charge in [0.15, 0.2) is 0 Å². The van der Waals surface area contributed by atoms with Gasteiger partial charge in [-0.15, -0.1) is 0 Å². The Hall–Kier alpha value is -2.46. The van der Waals surface area contributed by atoms with Gasteiger partial charge in [-0.3, -0.25) is 0 Å². The number of aldehydes is 2. The molecule has 0 amide bonds. The molecule has 0 aliphatic heterocycles. The molecule has 108 heavy (non-hydrogen) atoms. The number of ether oxygens (including phenoxy) is 6. The summed E-state index contributed by atoms with van der Waals surface area (Å²) >= 11 is 0. The second-order valence-corrected chi connectivity index (χ2v) is 37.7. The Labute approximate surface area is 672 Å². The van der Waals surface area contributed by atoms with E-state index in [0.717, 1.165) is 137 Å². The Balaban J connectivity index is 1.50. The van der Waals surface area contributed by atoms with Gasteiger partial charge in [-0.25, -0.2) is 0 Å². The largest absolute Gasteiger partial charge is 0.379 e. The van der Waals surface area contributed by atoms with Crippen LogP contribution in [0.5, 0.6) is 0 Å². The molecule has 8 heteroatoms. The number of benzene rings is 2. The third kappa shape index (κ3) is 62.0. The lowest BCUT2D eigenvalue weighted by Gasteiger charge is -2.21. The van der Waals surface area contributed by atoms with Crippen molar-refractivity contribution in [2.24, 2.45) is 94.7 Å². The van der Waals surface area contributed by atoms with Crippen molar-refractivity contribution in [3.8, 4) is 0 Å². The highest BCUT2D eigenvalue weighted by molar-refractivity contribution is 5.52. The van der Waals surface area contributed by atoms with Crippen LogP contribution >= 0.6 is 0 Å². The molecule has 2 aromatic rings. The van der Waals surface area contributed by atoms with Crippen molar-refractivity contribution < 1.29 is 38.0 Å². The molecule has 0 radical (unpaired) electrons. The number of hydrogen-bond donors (Lipinski definition) is 0. The van der Waals surface area contributed by atoms with Crippen LogP contribution in [0.4, 0.5) is 0 Å². The second-order valence-electron chi connectivity index (χ2n) is 37.7. The summed E-state index contributed by atoms with van der Waals surface area (Å²) in [6.07, 6.45) is 56.7. The zero-order valence-electron chi connectivity index (χ0n) is 74.4. The first kappa shape index (κ1) is 102. The lowest BCUT2D eigenvalue weighted by Crippen LogP contribution is -2.27. The van der Waals surface area contributed by atoms with Crippen LogP contribution in [0.3, 0.4) is 0 Å². The Morgan fingerprint density at radius 2 is 0.407 bits per heavy atom. The maximum absolute atomic E-state index is 10.9. The molecule has 0 heterocycles. The lowest BCUT2D eigenvalue weighted by atomic mass is 9.88. The third-order valence-electron chi connectivity index (χ3n) is 25.1. The molecule has 18 atom stereocenters. The zero-order chi connectivity index (χ0) is 79.0. The highest BCUT2D eigenvalue weighted by Crippen LogP contribution is 2.30. The molecule has 0 unspecified atom stereocenters. The number of rotatable bonds is 79. The third-order valence-corrected chi connectivity index (χ3v) is 25.1. The van der Waals surface area contributed by atoms with Crippen LogP contribution in [-0.2, 0) is 51.2 Å². The van der Waals surface area contributed by atoms with Crippen molar-refractivity contribution >= 4 is 12.6 Å². The summed E-state index contributed by atoms with van der Waals surface area (Å²) < 4.78 is 38.0. The van der Waals surface area contributed by atoms with Crippen molar-refractivity contribution in [2.75, 3.05) is 52.9 Å². The molecular formula is C100H182O8. The summed E-state index contributed by atoms with van der Waals surface area (Å²) in [5, 5.41) is 0. The van der Waals surface area contributed by atoms with E-state index in [1.165, 1.54) is 242 Å². The fourth-order valence-corrected chi connectivity index (χ4v) is 16.4. The van der Waals surface area contributed by atoms with Crippen molar-refractivity contribution in [1.29, 1.82) is 0 Å². The minimum atomic E-state index is -0.0384. The highest BCUT2D eigenvalue weighted by Gasteiger charge is 2.19. The molecule has 630 valence electrons. The Kier molecular flexibility index (Phi) is 64.8. The fourth-order valence-electron chi connectivity index (χ4n) is 16.4. The normalized spacial score (nSPS) is 17.1. The second kappa shape index (κ2) is 68.9. The molecule has 0 N–H and O–H groups in total. The van der Waals surface area contributed by atoms with Gasteiger partial charge in [-0.1, -0.05) is 403 Å². The van der Waals surface area contributed by atoms with E-state index in [2.05, 4.69) is 158 Å². The quantitative estimate of drug-likeness (QED) is 0.0478. The fraction of sp³-hybridized carbons (Fsp3) is 0.860. The van der Waals surface area contributed by atoms with E-state index in [4.69, 9.17) is 28.4 Å². The summed E-state index contributed by atoms with van der Waals surface area (Å²) in [5.41, 5.74) is 2.40. The van der Waals surface area contributed by atoms with Gasteiger partial charge in [0.05, 0.1) is 39.6 Å². The topological polar surface area (TPSA) is 89.5 Å². The Morgan fingerprint density at radius 1 is 0.222 bits per heavy atom. The van der Waals surface area contributed by atoms with E-state index in [1.807, 2.05) is 13.8 Å². The van der Waals surface area contributed by atoms with Crippen LogP contribution in [0.1, 0.15) is 392 Å². The van der Waals surface area contributed by atoms with E-state index in [0.29, 0.717) is 63.3 Å². The Bertz CT molecular complexity index is 2240. The standard InChI is InChI=1S/C100H182O8/c1-81(35-23-37-83(3)45-29-53-91(11)65-69-103-77-100(80-106-76-98-61-21-18-22-62-98)108-72-68-94(14)56-32-48-86(6)40-26-42-88(8)50-34-58-96(16)74-102)43-27-51-89(9)63-64-90(10)52-28-44-82(2)36-24-38-85(5)47-31-55-93(13)67-71-107-99(79-105-75-97-59-19-17-20-60-97)78-104-70-66-92(12)54-30-46-84(4)39-25-41-87(7)49-33-57-95(15)73-101/h17-22,59-62,73-74,81-96,99-100H,23-58,63-72,75-80H2,1-16H3/t81-,82-,83+,84+,85+,86+,87-,88-,89-,90-,91+,92+,93+,94+,95-,96-,99-,100-/m0/s1. The molecule has 2 aromatic carbocycles. The van der Waals surface area contributed by atoms with Gasteiger partial charge in [-0.2, -0.15) is 0 Å². The average molecular weight is 1510 g/mol. The molecule has 0 bridgehead atoms. The summed E-state index contributed by atoms with van der Waals surface area (Å²) in [5.74, 6) is 11.3. The predicted molar refractivity (Wildman–Crippen MR) is 466 cm³/mol. The van der Waals surface area contributed by atoms with Gasteiger partial charge in [-0.05, 0) is 133 Å². The van der Waals surface area contributed by atoms with Gasteiger partial charge >= 0.3 is 0 Å². The van der Waals surface area contributed by atoms with E-state index in [1.54, 1.807) is 0 Å². The lowest BCUT2D eigenvalue weighted by molar-refractivity contribution is -0.111. The van der Waals surface area contributed by atoms with E-state index in [-0.39, 0.29) is 24.0 Å². The van der Waals surface area contributed by atoms with Gasteiger partial charge in [0.1, 0.15) is 24.8 Å². The number of carbonyl (C=O) groups excluding carboxylic acids is 2. The molecule has 0 saturated heterocycles. The first-order valence-corrected chi connectivity index (χ1v) is 46.6. The van der Waals surface area contributed by atoms with Gasteiger partial charge in [0.2, 0.25) is 0 Å². The van der Waals surface area contributed by atoms with Crippen LogP contribution in [0.25, 0.3) is 0 Å². The molecule has 0 fully saturated rings. The highest BCUT2D eigenvalue weighted by atomic mass is 16.6. The van der Waals surface area contributed by atoms with Crippen molar-refractivity contribution in [2.45, 2.75) is 406 Å². The average Bonchev–Trinajstić information content (AvgIpc) is 0.962. The van der Waals surface area contributed by atoms with E-state index < -0.39 is 0 Å². The first-order valence-electron chi connectivity index (χ1n) is 46.6. The Morgan fingerprint density at radius 3 is 0.630 bits per heavy atom. The van der Waals surface area contributed by atoms with Crippen LogP contribution < -0.4 is 0 Å². The van der Waals surface area contributed by atoms with Gasteiger partial charge < -0.3 is 38.0 Å². The number of carbonyl (C=O) groups is 2. The summed E-state index contributed by atoms with van der Waals surface area (Å²) in [6.45, 7) is 45.1. The molecule has 8 nitrogen and oxygen atoms in total. The summed E-state index contributed by atoms with van der Waals surface area (Å²) in [4.78, 5) is 21.9. The maximum Gasteiger partial charge on any atom is 0.122 e. The smallest absolute Gasteiger partial charge is 0.122 e. The van der Waals surface area contributed by atoms with Crippen LogP contribution in [0, 0.1) is 94.7 Å². The van der Waals surface area contributed by atoms with Gasteiger partial charge in [0, 0.05) is 38.3 Å². The van der Waals surface area contributed by atoms with E-state index >= 15 is 0 Å². The van der Waals surface area contributed by atoms with Crippen molar-refractivity contribution in [3.05, 3.63) is 71.8 Å². The maximum atomic E-state index is 10.9. The molecular weight excluding hydrogens is 1330 g/mol. The molecule has 0 aliphatic carbocycles.